The zero-order valence-corrected chi connectivity index (χ0v) is 17.5. The zero-order chi connectivity index (χ0) is 20.8. The second-order valence-electron chi connectivity index (χ2n) is 6.10. The fraction of sp³-hybridized carbons (Fsp3) is 0.273. The summed E-state index contributed by atoms with van der Waals surface area (Å²) in [6.07, 6.45) is 1.81. The third kappa shape index (κ3) is 4.98. The Hall–Kier alpha value is -2.80. The first-order valence-electron chi connectivity index (χ1n) is 9.51. The summed E-state index contributed by atoms with van der Waals surface area (Å²) in [5.74, 6) is 0.939. The van der Waals surface area contributed by atoms with Crippen molar-refractivity contribution in [2.75, 3.05) is 19.8 Å². The van der Waals surface area contributed by atoms with Gasteiger partial charge in [-0.25, -0.2) is 9.38 Å². The van der Waals surface area contributed by atoms with Gasteiger partial charge in [0.15, 0.2) is 5.17 Å². The number of rotatable bonds is 7. The van der Waals surface area contributed by atoms with Crippen LogP contribution in [0.4, 0.5) is 10.1 Å². The monoisotopic (exact) mass is 414 g/mol. The molecular weight excluding hydrogens is 391 g/mol. The highest BCUT2D eigenvalue weighted by molar-refractivity contribution is 8.18. The van der Waals surface area contributed by atoms with Crippen molar-refractivity contribution in [3.8, 4) is 11.5 Å². The van der Waals surface area contributed by atoms with Crippen LogP contribution in [0.15, 0.2) is 52.4 Å². The molecule has 29 heavy (non-hydrogen) atoms. The van der Waals surface area contributed by atoms with Gasteiger partial charge in [-0.3, -0.25) is 9.69 Å². The van der Waals surface area contributed by atoms with Gasteiger partial charge in [-0.15, -0.1) is 0 Å². The normalized spacial score (nSPS) is 16.7. The van der Waals surface area contributed by atoms with Crippen molar-refractivity contribution in [2.24, 2.45) is 4.99 Å². The third-order valence-electron chi connectivity index (χ3n) is 4.14. The van der Waals surface area contributed by atoms with Crippen LogP contribution in [0.3, 0.4) is 0 Å². The van der Waals surface area contributed by atoms with Crippen LogP contribution in [0.2, 0.25) is 0 Å². The number of amides is 1. The van der Waals surface area contributed by atoms with E-state index in [1.54, 1.807) is 17.0 Å². The van der Waals surface area contributed by atoms with Crippen molar-refractivity contribution in [3.63, 3.8) is 0 Å². The maximum absolute atomic E-state index is 13.1. The molecule has 2 aromatic rings. The van der Waals surface area contributed by atoms with Crippen molar-refractivity contribution in [2.45, 2.75) is 20.8 Å². The first-order chi connectivity index (χ1) is 14.0. The van der Waals surface area contributed by atoms with Gasteiger partial charge in [0.05, 0.1) is 23.8 Å². The highest BCUT2D eigenvalue weighted by Crippen LogP contribution is 2.36. The minimum Gasteiger partial charge on any atom is -0.494 e. The fourth-order valence-electron chi connectivity index (χ4n) is 2.81. The standard InChI is InChI=1S/C22H23FN2O3S/c1-4-25-21(26)20(29-22(25)24-17-10-8-16(23)9-11-17)13-15-7-12-18(27-5-2)14-19(15)28-6-3/h7-14H,4-6H2,1-3H3/b20-13+,24-22?. The van der Waals surface area contributed by atoms with Gasteiger partial charge in [0.1, 0.15) is 17.3 Å². The van der Waals surface area contributed by atoms with Crippen LogP contribution in [-0.4, -0.2) is 35.7 Å². The average molecular weight is 415 g/mol. The van der Waals surface area contributed by atoms with Gasteiger partial charge in [-0.05, 0) is 75.0 Å². The van der Waals surface area contributed by atoms with E-state index in [1.165, 1.54) is 23.9 Å². The number of nitrogens with zero attached hydrogens (tertiary/aromatic N) is 2. The predicted octanol–water partition coefficient (Wildman–Crippen LogP) is 5.25. The number of thioether (sulfide) groups is 1. The number of ether oxygens (including phenoxy) is 2. The number of carbonyl (C=O) groups excluding carboxylic acids is 1. The molecule has 5 nitrogen and oxygen atoms in total. The quantitative estimate of drug-likeness (QED) is 0.581. The van der Waals surface area contributed by atoms with Gasteiger partial charge >= 0.3 is 0 Å². The molecular formula is C22H23FN2O3S. The minimum absolute atomic E-state index is 0.116. The van der Waals surface area contributed by atoms with Crippen LogP contribution in [-0.2, 0) is 4.79 Å². The van der Waals surface area contributed by atoms with E-state index in [2.05, 4.69) is 4.99 Å². The lowest BCUT2D eigenvalue weighted by Gasteiger charge is -2.12. The molecule has 1 amide bonds. The van der Waals surface area contributed by atoms with Gasteiger partial charge in [-0.2, -0.15) is 0 Å². The lowest BCUT2D eigenvalue weighted by molar-refractivity contribution is -0.122. The lowest BCUT2D eigenvalue weighted by atomic mass is 10.1. The summed E-state index contributed by atoms with van der Waals surface area (Å²) >= 11 is 1.29. The van der Waals surface area contributed by atoms with E-state index in [0.717, 1.165) is 11.3 Å². The van der Waals surface area contributed by atoms with E-state index in [-0.39, 0.29) is 11.7 Å². The molecule has 1 aliphatic rings. The van der Waals surface area contributed by atoms with E-state index in [0.29, 0.717) is 41.3 Å². The Morgan fingerprint density at radius 1 is 1.07 bits per heavy atom. The van der Waals surface area contributed by atoms with Crippen LogP contribution in [0.5, 0.6) is 11.5 Å². The fourth-order valence-corrected chi connectivity index (χ4v) is 3.86. The summed E-state index contributed by atoms with van der Waals surface area (Å²) in [5.41, 5.74) is 1.39. The maximum Gasteiger partial charge on any atom is 0.266 e. The number of carbonyl (C=O) groups is 1. The van der Waals surface area contributed by atoms with Crippen LogP contribution in [0, 0.1) is 5.82 Å². The molecule has 1 saturated heterocycles. The lowest BCUT2D eigenvalue weighted by Crippen LogP contribution is -2.28. The number of halogens is 1. The van der Waals surface area contributed by atoms with Gasteiger partial charge < -0.3 is 9.47 Å². The minimum atomic E-state index is -0.323. The molecule has 0 N–H and O–H groups in total. The van der Waals surface area contributed by atoms with E-state index in [4.69, 9.17) is 9.47 Å². The molecule has 0 spiro atoms. The largest absolute Gasteiger partial charge is 0.494 e. The molecule has 0 radical (unpaired) electrons. The zero-order valence-electron chi connectivity index (χ0n) is 16.6. The number of hydrogen-bond donors (Lipinski definition) is 0. The molecule has 1 heterocycles. The van der Waals surface area contributed by atoms with Crippen molar-refractivity contribution in [3.05, 3.63) is 58.8 Å². The van der Waals surface area contributed by atoms with Gasteiger partial charge in [0, 0.05) is 18.2 Å². The number of benzene rings is 2. The SMILES string of the molecule is CCOc1ccc(/C=C2/SC(=Nc3ccc(F)cc3)N(CC)C2=O)c(OCC)c1. The summed E-state index contributed by atoms with van der Waals surface area (Å²) in [4.78, 5) is 19.5. The van der Waals surface area contributed by atoms with Gasteiger partial charge in [0.25, 0.3) is 5.91 Å². The molecule has 0 bridgehead atoms. The summed E-state index contributed by atoms with van der Waals surface area (Å²) in [6, 6.07) is 11.4. The summed E-state index contributed by atoms with van der Waals surface area (Å²) in [7, 11) is 0. The van der Waals surface area contributed by atoms with Crippen LogP contribution >= 0.6 is 11.8 Å². The molecule has 0 aromatic heterocycles. The number of aliphatic imine (C=N–C) groups is 1. The number of hydrogen-bond acceptors (Lipinski definition) is 5. The van der Waals surface area contributed by atoms with Crippen molar-refractivity contribution < 1.29 is 18.7 Å². The van der Waals surface area contributed by atoms with Gasteiger partial charge in [0.2, 0.25) is 0 Å². The molecule has 1 aliphatic heterocycles. The molecule has 7 heteroatoms. The molecule has 3 rings (SSSR count). The number of amidine groups is 1. The first-order valence-corrected chi connectivity index (χ1v) is 10.3. The Labute approximate surface area is 174 Å². The average Bonchev–Trinajstić information content (AvgIpc) is 3.00. The van der Waals surface area contributed by atoms with Gasteiger partial charge in [-0.1, -0.05) is 0 Å². The van der Waals surface area contributed by atoms with Crippen molar-refractivity contribution in [1.29, 1.82) is 0 Å². The second-order valence-corrected chi connectivity index (χ2v) is 7.11. The van der Waals surface area contributed by atoms with Crippen molar-refractivity contribution in [1.82, 2.24) is 4.90 Å². The Kier molecular flexibility index (Phi) is 6.93. The van der Waals surface area contributed by atoms with Crippen LogP contribution < -0.4 is 9.47 Å². The van der Waals surface area contributed by atoms with E-state index in [9.17, 15) is 9.18 Å². The first kappa shape index (κ1) is 20.9. The van der Waals surface area contributed by atoms with Crippen molar-refractivity contribution >= 4 is 34.6 Å². The molecule has 1 fully saturated rings. The Morgan fingerprint density at radius 2 is 1.79 bits per heavy atom. The maximum atomic E-state index is 13.1. The van der Waals surface area contributed by atoms with E-state index < -0.39 is 0 Å². The Morgan fingerprint density at radius 3 is 2.45 bits per heavy atom. The topological polar surface area (TPSA) is 51.1 Å². The molecule has 2 aromatic carbocycles. The number of likely N-dealkylation sites (N-methyl/N-ethyl adjacent to an activating group) is 1. The Balaban J connectivity index is 1.93. The van der Waals surface area contributed by atoms with Crippen LogP contribution in [0.1, 0.15) is 26.3 Å². The molecule has 0 atom stereocenters. The highest BCUT2D eigenvalue weighted by atomic mass is 32.2. The molecule has 0 aliphatic carbocycles. The summed E-state index contributed by atoms with van der Waals surface area (Å²) in [5, 5.41) is 0.569. The van der Waals surface area contributed by atoms with E-state index in [1.807, 2.05) is 45.0 Å². The predicted molar refractivity (Wildman–Crippen MR) is 115 cm³/mol. The molecule has 152 valence electrons. The molecule has 0 saturated carbocycles. The summed E-state index contributed by atoms with van der Waals surface area (Å²) in [6.45, 7) is 7.28. The molecule has 0 unspecified atom stereocenters. The summed E-state index contributed by atoms with van der Waals surface area (Å²) < 4.78 is 24.4. The highest BCUT2D eigenvalue weighted by Gasteiger charge is 2.32. The smallest absolute Gasteiger partial charge is 0.266 e. The Bertz CT molecular complexity index is 942. The van der Waals surface area contributed by atoms with E-state index >= 15 is 0 Å². The third-order valence-corrected chi connectivity index (χ3v) is 5.14. The van der Waals surface area contributed by atoms with Crippen LogP contribution in [0.25, 0.3) is 6.08 Å². The second kappa shape index (κ2) is 9.60.